The van der Waals surface area contributed by atoms with Crippen LogP contribution < -0.4 is 25.3 Å². The fraction of sp³-hybridized carbons (Fsp3) is 0.458. The fourth-order valence-corrected chi connectivity index (χ4v) is 12.4. The number of rotatable bonds is 22. The highest BCUT2D eigenvalue weighted by atomic mass is 35.5. The van der Waals surface area contributed by atoms with E-state index < -0.39 is 29.4 Å². The molecule has 0 radical (unpaired) electrons. The summed E-state index contributed by atoms with van der Waals surface area (Å²) in [4.78, 5) is 78.3. The number of benzene rings is 3. The average molecular weight is 1150 g/mol. The van der Waals surface area contributed by atoms with Gasteiger partial charge in [-0.05, 0) is 94.6 Å². The normalized spacial score (nSPS) is 15.4. The molecule has 2 atom stereocenters. The van der Waals surface area contributed by atoms with Crippen LogP contribution >= 0.6 is 22.9 Å². The number of Topliss-reactive ketones (excluding diaryl/α,β-unsaturated/α-hetero) is 1. The van der Waals surface area contributed by atoms with Crippen LogP contribution in [0.4, 0.5) is 14.5 Å². The number of thiophene rings is 1. The Bertz CT molecular complexity index is 3330. The molecule has 2 aliphatic heterocycles. The zero-order valence-corrected chi connectivity index (χ0v) is 48.2. The molecule has 81 heavy (non-hydrogen) atoms. The third kappa shape index (κ3) is 13.2. The van der Waals surface area contributed by atoms with Crippen molar-refractivity contribution in [2.75, 3.05) is 78.1 Å². The molecule has 3 aliphatic rings. The lowest BCUT2D eigenvalue weighted by molar-refractivity contribution is -0.607. The number of halogens is 3. The van der Waals surface area contributed by atoms with E-state index in [2.05, 4.69) is 34.4 Å². The predicted molar refractivity (Wildman–Crippen MR) is 305 cm³/mol. The molecule has 9 rings (SSSR count). The van der Waals surface area contributed by atoms with Crippen molar-refractivity contribution in [3.63, 3.8) is 0 Å². The lowest BCUT2D eigenvalue weighted by Gasteiger charge is -2.39. The molecule has 4 amide bonds. The first-order chi connectivity index (χ1) is 39.0. The number of carbonyl (C=O) groups excluding carboxylic acids is 5. The molecule has 3 aromatic heterocycles. The Kier molecular flexibility index (Phi) is 19.1. The third-order valence-electron chi connectivity index (χ3n) is 15.7. The van der Waals surface area contributed by atoms with Crippen LogP contribution in [0.2, 0.25) is 5.02 Å². The smallest absolute Gasteiger partial charge is 0.280 e. The van der Waals surface area contributed by atoms with Gasteiger partial charge in [-0.25, -0.2) is 8.78 Å². The first-order valence-electron chi connectivity index (χ1n) is 27.6. The second kappa shape index (κ2) is 26.3. The van der Waals surface area contributed by atoms with Gasteiger partial charge in [0, 0.05) is 96.7 Å². The van der Waals surface area contributed by atoms with Crippen molar-refractivity contribution in [2.24, 2.45) is 23.9 Å². The number of aryl methyl sites for hydroxylation is 3. The Labute approximate surface area is 478 Å². The molecule has 3 aromatic carbocycles. The number of amides is 4. The number of aliphatic imine (C=N–C) groups is 1. The molecule has 0 unspecified atom stereocenters. The number of hydrogen-bond acceptors (Lipinski definition) is 12. The maximum absolute atomic E-state index is 14.7. The number of ketones is 1. The molecule has 2 fully saturated rings. The topological polar surface area (TPSA) is 195 Å². The van der Waals surface area contributed by atoms with Crippen LogP contribution in [0.5, 0.6) is 5.75 Å². The lowest BCUT2D eigenvalue weighted by Crippen LogP contribution is -2.53. The molecule has 6 aromatic rings. The SMILES string of the molecule is CN[C@@H](C)C(=O)C[C@H](C(=O)N1CCN(C(=O)c2c(C(=O)NCCOCCOCCOc3ccc(NC(=O)Cn4nc(C)[n+]5c4CN=C(c4ccc(Cl)cc4)c4c-5sc(C)c4C)cc3)c3cc(F)c(F)cc3n2C)CC1)C1CCCCC1. The Morgan fingerprint density at radius 1 is 0.864 bits per heavy atom. The van der Waals surface area contributed by atoms with Gasteiger partial charge in [-0.1, -0.05) is 43.0 Å². The van der Waals surface area contributed by atoms with E-state index in [0.717, 1.165) is 83.3 Å². The first-order valence-corrected chi connectivity index (χ1v) is 28.8. The standard InChI is InChI=1S/C59H69ClF2N10O8S/c1-35-37(3)81-59-52(35)54(40-12-14-41(60)15-13-40)65-33-51-71(67-38(4)72(51)59)34-50(74)66-42-16-18-43(19-17-42)80-29-28-79-27-26-78-25-20-64-56(75)53-45-30-46(61)47(62)32-48(45)68(6)55(53)58(77)70-23-21-69(22-24-70)57(76)44(31-49(73)36(2)63-5)39-10-8-7-9-11-39/h12-19,30,32,36,39,44,63H,7-11,20-29,31,33-34H2,1-6H3,(H-,64,66,74,75)/p+1/t36-,44-/m0/s1. The van der Waals surface area contributed by atoms with E-state index in [1.54, 1.807) is 64.1 Å². The van der Waals surface area contributed by atoms with E-state index >= 15 is 0 Å². The number of likely N-dealkylation sites (N-methyl/N-ethyl adjacent to an activating group) is 1. The van der Waals surface area contributed by atoms with Crippen molar-refractivity contribution in [3.05, 3.63) is 122 Å². The second-order valence-electron chi connectivity index (χ2n) is 20.9. The summed E-state index contributed by atoms with van der Waals surface area (Å²) < 4.78 is 51.8. The number of fused-ring (bicyclic) bond motifs is 4. The molecule has 0 spiro atoms. The molecular weight excluding hydrogens is 1080 g/mol. The molecule has 0 bridgehead atoms. The molecule has 5 heterocycles. The van der Waals surface area contributed by atoms with Crippen LogP contribution in [0.25, 0.3) is 15.9 Å². The summed E-state index contributed by atoms with van der Waals surface area (Å²) in [6.07, 6.45) is 5.10. The molecule has 1 saturated heterocycles. The summed E-state index contributed by atoms with van der Waals surface area (Å²) in [5.41, 5.74) is 4.67. The number of anilines is 1. The quantitative estimate of drug-likeness (QED) is 0.0454. The molecule has 3 N–H and O–H groups in total. The largest absolute Gasteiger partial charge is 0.491 e. The number of nitrogens with zero attached hydrogens (tertiary/aromatic N) is 7. The molecular formula is C59H70ClF2N10O8S+. The van der Waals surface area contributed by atoms with Gasteiger partial charge in [-0.15, -0.1) is 16.0 Å². The number of ether oxygens (including phenoxy) is 3. The molecule has 18 nitrogen and oxygen atoms in total. The van der Waals surface area contributed by atoms with Crippen molar-refractivity contribution in [1.29, 1.82) is 0 Å². The number of nitrogens with one attached hydrogen (secondary N) is 3. The highest BCUT2D eigenvalue weighted by molar-refractivity contribution is 7.14. The summed E-state index contributed by atoms with van der Waals surface area (Å²) in [6.45, 7) is 10.2. The average Bonchev–Trinajstić information content (AvgIpc) is 3.31. The monoisotopic (exact) mass is 1150 g/mol. The maximum Gasteiger partial charge on any atom is 0.280 e. The Morgan fingerprint density at radius 3 is 2.23 bits per heavy atom. The van der Waals surface area contributed by atoms with Crippen molar-refractivity contribution >= 4 is 74.7 Å². The predicted octanol–water partition coefficient (Wildman–Crippen LogP) is 7.45. The molecule has 1 aliphatic carbocycles. The second-order valence-corrected chi connectivity index (χ2v) is 22.5. The van der Waals surface area contributed by atoms with Crippen LogP contribution in [0, 0.1) is 44.2 Å². The number of aromatic nitrogens is 4. The van der Waals surface area contributed by atoms with Gasteiger partial charge in [-0.2, -0.15) is 4.57 Å². The fourth-order valence-electron chi connectivity index (χ4n) is 11.0. The maximum atomic E-state index is 14.7. The zero-order chi connectivity index (χ0) is 57.5. The van der Waals surface area contributed by atoms with Crippen molar-refractivity contribution in [1.82, 2.24) is 34.8 Å². The number of piperazine rings is 1. The minimum atomic E-state index is -1.16. The highest BCUT2D eigenvalue weighted by Gasteiger charge is 2.39. The third-order valence-corrected chi connectivity index (χ3v) is 17.1. The van der Waals surface area contributed by atoms with E-state index in [-0.39, 0.29) is 130 Å². The first kappa shape index (κ1) is 58.7. The van der Waals surface area contributed by atoms with Gasteiger partial charge in [0.25, 0.3) is 29.4 Å². The van der Waals surface area contributed by atoms with Crippen LogP contribution in [0.1, 0.15) is 99.5 Å². The van der Waals surface area contributed by atoms with E-state index in [9.17, 15) is 32.8 Å². The Morgan fingerprint density at radius 2 is 1.53 bits per heavy atom. The van der Waals surface area contributed by atoms with Crippen LogP contribution in [-0.4, -0.2) is 138 Å². The summed E-state index contributed by atoms with van der Waals surface area (Å²) in [7, 11) is 3.25. The minimum Gasteiger partial charge on any atom is -0.491 e. The summed E-state index contributed by atoms with van der Waals surface area (Å²) >= 11 is 7.90. The van der Waals surface area contributed by atoms with E-state index in [1.165, 1.54) is 16.5 Å². The summed E-state index contributed by atoms with van der Waals surface area (Å²) in [6, 6.07) is 16.2. The Hall–Kier alpha value is -6.91. The molecule has 22 heteroatoms. The van der Waals surface area contributed by atoms with Gasteiger partial charge in [0.2, 0.25) is 5.91 Å². The van der Waals surface area contributed by atoms with Crippen molar-refractivity contribution in [2.45, 2.75) is 85.4 Å². The van der Waals surface area contributed by atoms with Gasteiger partial charge < -0.3 is 44.5 Å². The molecule has 430 valence electrons. The van der Waals surface area contributed by atoms with Gasteiger partial charge >= 0.3 is 0 Å². The van der Waals surface area contributed by atoms with Gasteiger partial charge in [0.15, 0.2) is 23.2 Å². The minimum absolute atomic E-state index is 0.00799. The van der Waals surface area contributed by atoms with Crippen LogP contribution in [0.3, 0.4) is 0 Å². The Balaban J connectivity index is 0.710. The highest BCUT2D eigenvalue weighted by Crippen LogP contribution is 2.36. The van der Waals surface area contributed by atoms with Crippen molar-refractivity contribution in [3.8, 4) is 10.8 Å². The van der Waals surface area contributed by atoms with Gasteiger partial charge in [0.05, 0.1) is 54.8 Å². The lowest BCUT2D eigenvalue weighted by atomic mass is 9.76. The van der Waals surface area contributed by atoms with Crippen LogP contribution in [0.15, 0.2) is 65.7 Å². The summed E-state index contributed by atoms with van der Waals surface area (Å²) in [5, 5.41) is 15.2. The zero-order valence-electron chi connectivity index (χ0n) is 46.7. The van der Waals surface area contributed by atoms with E-state index in [4.69, 9.17) is 35.9 Å². The van der Waals surface area contributed by atoms with Gasteiger partial charge in [0.1, 0.15) is 30.4 Å². The van der Waals surface area contributed by atoms with E-state index in [1.807, 2.05) is 31.2 Å². The van der Waals surface area contributed by atoms with E-state index in [0.29, 0.717) is 23.0 Å². The summed E-state index contributed by atoms with van der Waals surface area (Å²) in [5.74, 6) is -1.98. The van der Waals surface area contributed by atoms with Crippen molar-refractivity contribution < 1.29 is 51.5 Å². The number of carbonyl (C=O) groups is 5. The van der Waals surface area contributed by atoms with Gasteiger partial charge in [-0.3, -0.25) is 29.0 Å². The van der Waals surface area contributed by atoms with Crippen LogP contribution in [-0.2, 0) is 44.0 Å². The molecule has 1 saturated carbocycles. The number of hydrogen-bond donors (Lipinski definition) is 3.